The summed E-state index contributed by atoms with van der Waals surface area (Å²) in [6, 6.07) is 16.8. The van der Waals surface area contributed by atoms with E-state index in [1.807, 2.05) is 11.0 Å². The van der Waals surface area contributed by atoms with Gasteiger partial charge in [0.1, 0.15) is 0 Å². The van der Waals surface area contributed by atoms with Gasteiger partial charge in [-0.15, -0.1) is 0 Å². The molecule has 1 saturated heterocycles. The number of carbonyl (C=O) groups is 1. The molecule has 142 valence electrons. The van der Waals surface area contributed by atoms with Crippen molar-refractivity contribution < 1.29 is 4.79 Å². The summed E-state index contributed by atoms with van der Waals surface area (Å²) in [7, 11) is 2.14. The van der Waals surface area contributed by atoms with Crippen LogP contribution in [-0.2, 0) is 12.8 Å². The Morgan fingerprint density at radius 3 is 2.48 bits per heavy atom. The Labute approximate surface area is 162 Å². The largest absolute Gasteiger partial charge is 0.351 e. The van der Waals surface area contributed by atoms with Crippen LogP contribution >= 0.6 is 0 Å². The van der Waals surface area contributed by atoms with E-state index in [4.69, 9.17) is 5.73 Å². The molecule has 2 aliphatic rings. The second kappa shape index (κ2) is 6.68. The number of hydrogen-bond acceptors (Lipinski definition) is 2. The van der Waals surface area contributed by atoms with Crippen molar-refractivity contribution in [1.82, 2.24) is 4.90 Å². The highest BCUT2D eigenvalue weighted by Gasteiger charge is 2.43. The number of urea groups is 1. The highest BCUT2D eigenvalue weighted by atomic mass is 16.2. The third-order valence-corrected chi connectivity index (χ3v) is 6.47. The highest BCUT2D eigenvalue weighted by Crippen LogP contribution is 2.43. The van der Waals surface area contributed by atoms with Crippen LogP contribution < -0.4 is 10.6 Å². The van der Waals surface area contributed by atoms with Gasteiger partial charge in [-0.05, 0) is 62.4 Å². The Morgan fingerprint density at radius 2 is 1.85 bits per heavy atom. The molecule has 2 aromatic rings. The molecular weight excluding hydrogens is 334 g/mol. The van der Waals surface area contributed by atoms with E-state index in [0.717, 1.165) is 31.6 Å². The summed E-state index contributed by atoms with van der Waals surface area (Å²) in [5.41, 5.74) is 10.4. The number of rotatable bonds is 3. The molecule has 27 heavy (non-hydrogen) atoms. The van der Waals surface area contributed by atoms with Crippen molar-refractivity contribution in [3.05, 3.63) is 65.2 Å². The maximum absolute atomic E-state index is 12.5. The molecule has 2 heterocycles. The van der Waals surface area contributed by atoms with E-state index in [1.165, 1.54) is 16.7 Å². The van der Waals surface area contributed by atoms with E-state index in [-0.39, 0.29) is 11.6 Å². The third kappa shape index (κ3) is 3.23. The molecule has 4 nitrogen and oxygen atoms in total. The number of hydrogen-bond donors (Lipinski definition) is 1. The molecule has 0 radical (unpaired) electrons. The van der Waals surface area contributed by atoms with Crippen molar-refractivity contribution in [2.75, 3.05) is 25.0 Å². The first-order valence-electron chi connectivity index (χ1n) is 9.81. The zero-order chi connectivity index (χ0) is 19.2. The van der Waals surface area contributed by atoms with Crippen LogP contribution in [0, 0.1) is 5.92 Å². The minimum atomic E-state index is -0.359. The lowest BCUT2D eigenvalue weighted by molar-refractivity contribution is 0.189. The van der Waals surface area contributed by atoms with Gasteiger partial charge in [-0.3, -0.25) is 4.90 Å². The van der Waals surface area contributed by atoms with E-state index in [0.29, 0.717) is 11.8 Å². The Balaban J connectivity index is 1.69. The van der Waals surface area contributed by atoms with Crippen LogP contribution in [0.1, 0.15) is 36.5 Å². The van der Waals surface area contributed by atoms with Crippen LogP contribution in [0.4, 0.5) is 10.5 Å². The summed E-state index contributed by atoms with van der Waals surface area (Å²) in [4.78, 5) is 16.6. The smallest absolute Gasteiger partial charge is 0.319 e. The number of likely N-dealkylation sites (N-methyl/N-ethyl adjacent to an activating group) is 1. The number of fused-ring (bicyclic) bond motifs is 1. The van der Waals surface area contributed by atoms with Crippen LogP contribution in [0.15, 0.2) is 48.5 Å². The quantitative estimate of drug-likeness (QED) is 0.902. The van der Waals surface area contributed by atoms with Gasteiger partial charge in [0.2, 0.25) is 0 Å². The molecule has 0 aromatic heterocycles. The van der Waals surface area contributed by atoms with E-state index < -0.39 is 0 Å². The van der Waals surface area contributed by atoms with Crippen LogP contribution in [0.2, 0.25) is 0 Å². The molecule has 2 N–H and O–H groups in total. The molecule has 2 amide bonds. The molecule has 0 spiro atoms. The number of amides is 2. The molecular formula is C23H29N3O. The van der Waals surface area contributed by atoms with Gasteiger partial charge in [0.25, 0.3) is 0 Å². The number of likely N-dealkylation sites (tertiary alicyclic amines) is 1. The van der Waals surface area contributed by atoms with Gasteiger partial charge in [0.15, 0.2) is 0 Å². The van der Waals surface area contributed by atoms with Gasteiger partial charge in [-0.25, -0.2) is 4.79 Å². The van der Waals surface area contributed by atoms with E-state index in [1.54, 1.807) is 0 Å². The van der Waals surface area contributed by atoms with Crippen molar-refractivity contribution in [2.24, 2.45) is 11.7 Å². The molecule has 0 saturated carbocycles. The van der Waals surface area contributed by atoms with E-state index >= 15 is 0 Å². The topological polar surface area (TPSA) is 49.6 Å². The molecule has 2 aliphatic heterocycles. The average molecular weight is 364 g/mol. The normalized spacial score (nSPS) is 22.2. The fourth-order valence-electron chi connectivity index (χ4n) is 4.76. The summed E-state index contributed by atoms with van der Waals surface area (Å²) in [6.45, 7) is 6.46. The van der Waals surface area contributed by atoms with Crippen LogP contribution in [-0.4, -0.2) is 36.6 Å². The van der Waals surface area contributed by atoms with Gasteiger partial charge in [-0.1, -0.05) is 42.5 Å². The molecule has 1 fully saturated rings. The van der Waals surface area contributed by atoms with Crippen LogP contribution in [0.25, 0.3) is 0 Å². The van der Waals surface area contributed by atoms with Crippen molar-refractivity contribution in [3.8, 4) is 0 Å². The van der Waals surface area contributed by atoms with Crippen molar-refractivity contribution in [3.63, 3.8) is 0 Å². The summed E-state index contributed by atoms with van der Waals surface area (Å²) in [5.74, 6) is 0.876. The highest BCUT2D eigenvalue weighted by molar-refractivity contribution is 5.94. The molecule has 0 bridgehead atoms. The molecule has 2 aromatic carbocycles. The number of benzene rings is 2. The standard InChI is InChI=1S/C23H29N3O/c1-23(2)20(11-16-7-5-4-6-8-16)12-18-10-9-17(19-14-25(3)15-19)13-21(18)26(23)22(24)27/h4-10,13,19-20H,11-12,14-15H2,1-3H3,(H2,24,27). The minimum absolute atomic E-state index is 0.320. The molecule has 0 aliphatic carbocycles. The molecule has 4 heteroatoms. The summed E-state index contributed by atoms with van der Waals surface area (Å²) in [5, 5.41) is 0. The Hall–Kier alpha value is -2.33. The van der Waals surface area contributed by atoms with Crippen molar-refractivity contribution in [1.29, 1.82) is 0 Å². The van der Waals surface area contributed by atoms with E-state index in [2.05, 4.69) is 68.3 Å². The van der Waals surface area contributed by atoms with Crippen LogP contribution in [0.5, 0.6) is 0 Å². The first-order chi connectivity index (χ1) is 12.9. The number of nitrogens with zero attached hydrogens (tertiary/aromatic N) is 2. The minimum Gasteiger partial charge on any atom is -0.351 e. The number of anilines is 1. The Bertz CT molecular complexity index is 840. The average Bonchev–Trinajstić information content (AvgIpc) is 2.59. The predicted octanol–water partition coefficient (Wildman–Crippen LogP) is 3.79. The SMILES string of the molecule is CN1CC(c2ccc3c(c2)N(C(N)=O)C(C)(C)C(Cc2ccccc2)C3)C1. The fraction of sp³-hybridized carbons (Fsp3) is 0.435. The Morgan fingerprint density at radius 1 is 1.15 bits per heavy atom. The molecule has 4 rings (SSSR count). The number of primary amides is 1. The fourth-order valence-corrected chi connectivity index (χ4v) is 4.76. The van der Waals surface area contributed by atoms with Gasteiger partial charge in [0, 0.05) is 30.2 Å². The van der Waals surface area contributed by atoms with Crippen molar-refractivity contribution >= 4 is 11.7 Å². The van der Waals surface area contributed by atoms with E-state index in [9.17, 15) is 4.79 Å². The first-order valence-corrected chi connectivity index (χ1v) is 9.81. The summed E-state index contributed by atoms with van der Waals surface area (Å²) >= 11 is 0. The summed E-state index contributed by atoms with van der Waals surface area (Å²) < 4.78 is 0. The lowest BCUT2D eigenvalue weighted by Crippen LogP contribution is -2.58. The maximum atomic E-state index is 12.5. The van der Waals surface area contributed by atoms with Crippen molar-refractivity contribution in [2.45, 2.75) is 38.1 Å². The maximum Gasteiger partial charge on any atom is 0.319 e. The Kier molecular flexibility index (Phi) is 4.47. The third-order valence-electron chi connectivity index (χ3n) is 6.47. The monoisotopic (exact) mass is 363 g/mol. The van der Waals surface area contributed by atoms with Gasteiger partial charge in [0.05, 0.1) is 0 Å². The molecule has 1 atom stereocenters. The van der Waals surface area contributed by atoms with Gasteiger partial charge < -0.3 is 10.6 Å². The van der Waals surface area contributed by atoms with Gasteiger partial charge in [-0.2, -0.15) is 0 Å². The second-order valence-corrected chi connectivity index (χ2v) is 8.72. The number of carbonyl (C=O) groups excluding carboxylic acids is 1. The number of nitrogens with two attached hydrogens (primary N) is 1. The zero-order valence-corrected chi connectivity index (χ0v) is 16.5. The lowest BCUT2D eigenvalue weighted by Gasteiger charge is -2.48. The molecule has 1 unspecified atom stereocenters. The predicted molar refractivity (Wildman–Crippen MR) is 110 cm³/mol. The first kappa shape index (κ1) is 18.1. The zero-order valence-electron chi connectivity index (χ0n) is 16.5. The second-order valence-electron chi connectivity index (χ2n) is 8.72. The summed E-state index contributed by atoms with van der Waals surface area (Å²) in [6.07, 6.45) is 1.90. The van der Waals surface area contributed by atoms with Crippen LogP contribution in [0.3, 0.4) is 0 Å². The lowest BCUT2D eigenvalue weighted by atomic mass is 9.73. The van der Waals surface area contributed by atoms with Gasteiger partial charge >= 0.3 is 6.03 Å².